The van der Waals surface area contributed by atoms with Gasteiger partial charge in [-0.3, -0.25) is 0 Å². The smallest absolute Gasteiger partial charge is 0.243 e. The number of aromatic nitrogens is 1. The second-order valence-corrected chi connectivity index (χ2v) is 9.32. The van der Waals surface area contributed by atoms with Crippen LogP contribution in [-0.4, -0.2) is 37.9 Å². The van der Waals surface area contributed by atoms with Crippen LogP contribution in [0.25, 0.3) is 11.3 Å². The number of methoxy groups -OCH3 is 1. The molecular formula is C20H21N3O3S2. The average Bonchev–Trinajstić information content (AvgIpc) is 3.41. The number of rotatable bonds is 6. The van der Waals surface area contributed by atoms with Gasteiger partial charge in [-0.05, 0) is 49.2 Å². The number of nitrogens with one attached hydrogen (secondary N) is 1. The first-order valence-electron chi connectivity index (χ1n) is 9.03. The quantitative estimate of drug-likeness (QED) is 0.648. The second-order valence-electron chi connectivity index (χ2n) is 6.53. The highest BCUT2D eigenvalue weighted by molar-refractivity contribution is 7.89. The summed E-state index contributed by atoms with van der Waals surface area (Å²) in [5.74, 6) is 0.800. The molecule has 2 aromatic carbocycles. The van der Waals surface area contributed by atoms with E-state index in [1.807, 2.05) is 41.8 Å². The molecule has 0 spiro atoms. The summed E-state index contributed by atoms with van der Waals surface area (Å²) in [6, 6.07) is 14.6. The van der Waals surface area contributed by atoms with Crippen molar-refractivity contribution in [3.63, 3.8) is 0 Å². The van der Waals surface area contributed by atoms with Gasteiger partial charge in [0.25, 0.3) is 0 Å². The topological polar surface area (TPSA) is 71.5 Å². The first kappa shape index (κ1) is 18.9. The molecule has 28 heavy (non-hydrogen) atoms. The van der Waals surface area contributed by atoms with Crippen molar-refractivity contribution < 1.29 is 13.2 Å². The predicted octanol–water partition coefficient (Wildman–Crippen LogP) is 4.35. The third-order valence-corrected chi connectivity index (χ3v) is 7.37. The Bertz CT molecular complexity index is 1040. The van der Waals surface area contributed by atoms with Gasteiger partial charge in [0, 0.05) is 29.7 Å². The molecule has 3 aromatic rings. The van der Waals surface area contributed by atoms with Crippen molar-refractivity contribution in [2.24, 2.45) is 0 Å². The number of nitrogens with zero attached hydrogens (tertiary/aromatic N) is 2. The summed E-state index contributed by atoms with van der Waals surface area (Å²) in [5.41, 5.74) is 2.62. The molecule has 146 valence electrons. The average molecular weight is 416 g/mol. The summed E-state index contributed by atoms with van der Waals surface area (Å²) in [6.07, 6.45) is 1.86. The molecule has 0 saturated carbocycles. The summed E-state index contributed by atoms with van der Waals surface area (Å²) < 4.78 is 32.0. The molecule has 1 N–H and O–H groups in total. The molecule has 1 aliphatic rings. The fraction of sp³-hybridized carbons (Fsp3) is 0.250. The molecule has 0 amide bonds. The van der Waals surface area contributed by atoms with E-state index in [4.69, 9.17) is 4.74 Å². The normalized spacial score (nSPS) is 14.9. The van der Waals surface area contributed by atoms with E-state index in [1.54, 1.807) is 23.5 Å². The highest BCUT2D eigenvalue weighted by atomic mass is 32.2. The third-order valence-electron chi connectivity index (χ3n) is 4.70. The van der Waals surface area contributed by atoms with Crippen LogP contribution in [0.15, 0.2) is 58.8 Å². The second kappa shape index (κ2) is 7.90. The molecule has 8 heteroatoms. The van der Waals surface area contributed by atoms with Gasteiger partial charge in [-0.1, -0.05) is 12.1 Å². The molecule has 0 aliphatic carbocycles. The predicted molar refractivity (Wildman–Crippen MR) is 112 cm³/mol. The molecule has 0 atom stereocenters. The zero-order chi connectivity index (χ0) is 19.6. The van der Waals surface area contributed by atoms with Gasteiger partial charge in [-0.15, -0.1) is 11.3 Å². The van der Waals surface area contributed by atoms with Crippen LogP contribution in [0.1, 0.15) is 12.8 Å². The molecule has 0 unspecified atom stereocenters. The maximum atomic E-state index is 12.6. The highest BCUT2D eigenvalue weighted by Crippen LogP contribution is 2.29. The van der Waals surface area contributed by atoms with Crippen LogP contribution in [-0.2, 0) is 10.0 Å². The van der Waals surface area contributed by atoms with Crippen LogP contribution in [0, 0.1) is 0 Å². The molecule has 0 bridgehead atoms. The molecule has 2 heterocycles. The van der Waals surface area contributed by atoms with Crippen molar-refractivity contribution in [3.8, 4) is 17.0 Å². The van der Waals surface area contributed by atoms with Crippen LogP contribution in [0.4, 0.5) is 10.8 Å². The molecule has 1 fully saturated rings. The number of hydrogen-bond donors (Lipinski definition) is 1. The Kier molecular flexibility index (Phi) is 5.34. The van der Waals surface area contributed by atoms with Crippen molar-refractivity contribution in [2.45, 2.75) is 17.7 Å². The summed E-state index contributed by atoms with van der Waals surface area (Å²) in [4.78, 5) is 4.94. The zero-order valence-electron chi connectivity index (χ0n) is 15.5. The Hall–Kier alpha value is -2.42. The van der Waals surface area contributed by atoms with Gasteiger partial charge >= 0.3 is 0 Å². The van der Waals surface area contributed by atoms with Crippen molar-refractivity contribution in [1.82, 2.24) is 9.29 Å². The monoisotopic (exact) mass is 415 g/mol. The van der Waals surface area contributed by atoms with Crippen LogP contribution >= 0.6 is 11.3 Å². The first-order chi connectivity index (χ1) is 13.6. The minimum Gasteiger partial charge on any atom is -0.497 e. The summed E-state index contributed by atoms with van der Waals surface area (Å²) in [7, 11) is -1.75. The van der Waals surface area contributed by atoms with Crippen molar-refractivity contribution >= 4 is 32.2 Å². The SMILES string of the molecule is COc1ccc(Nc2nc(-c3ccc(S(=O)(=O)N4CCCC4)cc3)cs2)cc1. The summed E-state index contributed by atoms with van der Waals surface area (Å²) in [5, 5.41) is 5.99. The van der Waals surface area contributed by atoms with Crippen molar-refractivity contribution in [2.75, 3.05) is 25.5 Å². The lowest BCUT2D eigenvalue weighted by Crippen LogP contribution is -2.27. The standard InChI is InChI=1S/C20H21N3O3S2/c1-26-17-8-6-16(7-9-17)21-20-22-19(14-27-20)15-4-10-18(11-5-15)28(24,25)23-12-2-3-13-23/h4-11,14H,2-3,12-13H2,1H3,(H,21,22). The molecule has 4 rings (SSSR count). The van der Waals surface area contributed by atoms with Crippen molar-refractivity contribution in [1.29, 1.82) is 0 Å². The first-order valence-corrected chi connectivity index (χ1v) is 11.4. The molecule has 1 saturated heterocycles. The zero-order valence-corrected chi connectivity index (χ0v) is 17.1. The van der Waals surface area contributed by atoms with E-state index in [9.17, 15) is 8.42 Å². The van der Waals surface area contributed by atoms with Gasteiger partial charge in [0.2, 0.25) is 10.0 Å². The van der Waals surface area contributed by atoms with Crippen LogP contribution < -0.4 is 10.1 Å². The Morgan fingerprint density at radius 3 is 2.36 bits per heavy atom. The number of anilines is 2. The highest BCUT2D eigenvalue weighted by Gasteiger charge is 2.26. The van der Waals surface area contributed by atoms with Gasteiger partial charge in [0.15, 0.2) is 5.13 Å². The van der Waals surface area contributed by atoms with Crippen LogP contribution in [0.2, 0.25) is 0 Å². The number of sulfonamides is 1. The lowest BCUT2D eigenvalue weighted by molar-refractivity contribution is 0.415. The largest absolute Gasteiger partial charge is 0.497 e. The van der Waals surface area contributed by atoms with Gasteiger partial charge in [0.1, 0.15) is 5.75 Å². The van der Waals surface area contributed by atoms with E-state index < -0.39 is 10.0 Å². The Labute approximate surface area is 168 Å². The number of benzene rings is 2. The molecule has 0 radical (unpaired) electrons. The Balaban J connectivity index is 1.49. The van der Waals surface area contributed by atoms with Crippen LogP contribution in [0.5, 0.6) is 5.75 Å². The van der Waals surface area contributed by atoms with E-state index in [2.05, 4.69) is 10.3 Å². The lowest BCUT2D eigenvalue weighted by Gasteiger charge is -2.15. The van der Waals surface area contributed by atoms with Gasteiger partial charge in [-0.25, -0.2) is 13.4 Å². The minimum atomic E-state index is -3.39. The summed E-state index contributed by atoms with van der Waals surface area (Å²) in [6.45, 7) is 1.22. The van der Waals surface area contributed by atoms with E-state index in [1.165, 1.54) is 11.3 Å². The molecule has 6 nitrogen and oxygen atoms in total. The molecule has 1 aliphatic heterocycles. The van der Waals surface area contributed by atoms with Crippen molar-refractivity contribution in [3.05, 3.63) is 53.9 Å². The van der Waals surface area contributed by atoms with E-state index >= 15 is 0 Å². The number of ether oxygens (including phenoxy) is 1. The van der Waals surface area contributed by atoms with E-state index in [-0.39, 0.29) is 0 Å². The maximum absolute atomic E-state index is 12.6. The summed E-state index contributed by atoms with van der Waals surface area (Å²) >= 11 is 1.50. The van der Waals surface area contributed by atoms with Gasteiger partial charge in [0.05, 0.1) is 17.7 Å². The number of hydrogen-bond acceptors (Lipinski definition) is 6. The Morgan fingerprint density at radius 1 is 1.04 bits per heavy atom. The van der Waals surface area contributed by atoms with Crippen LogP contribution in [0.3, 0.4) is 0 Å². The molecular weight excluding hydrogens is 394 g/mol. The van der Waals surface area contributed by atoms with Gasteiger partial charge < -0.3 is 10.1 Å². The minimum absolute atomic E-state index is 0.338. The lowest BCUT2D eigenvalue weighted by atomic mass is 10.2. The van der Waals surface area contributed by atoms with E-state index in [0.717, 1.165) is 40.7 Å². The maximum Gasteiger partial charge on any atom is 0.243 e. The van der Waals surface area contributed by atoms with Gasteiger partial charge in [-0.2, -0.15) is 4.31 Å². The molecule has 1 aromatic heterocycles. The Morgan fingerprint density at radius 2 is 1.71 bits per heavy atom. The number of thiazole rings is 1. The van der Waals surface area contributed by atoms with E-state index in [0.29, 0.717) is 18.0 Å². The fourth-order valence-electron chi connectivity index (χ4n) is 3.14. The fourth-order valence-corrected chi connectivity index (χ4v) is 5.39. The third kappa shape index (κ3) is 3.89.